The summed E-state index contributed by atoms with van der Waals surface area (Å²) in [6.45, 7) is 6.62. The van der Waals surface area contributed by atoms with Gasteiger partial charge < -0.3 is 14.2 Å². The molecule has 6 heteroatoms. The van der Waals surface area contributed by atoms with E-state index in [1.165, 1.54) is 212 Å². The summed E-state index contributed by atoms with van der Waals surface area (Å²) in [5.74, 6) is -0.887. The summed E-state index contributed by atoms with van der Waals surface area (Å²) >= 11 is 0. The van der Waals surface area contributed by atoms with Crippen LogP contribution in [0.2, 0.25) is 0 Å². The molecular weight excluding hydrogens is 1020 g/mol. The minimum atomic E-state index is -0.790. The molecule has 1 atom stereocenters. The molecule has 0 spiro atoms. The predicted molar refractivity (Wildman–Crippen MR) is 362 cm³/mol. The van der Waals surface area contributed by atoms with Crippen LogP contribution < -0.4 is 0 Å². The molecule has 0 aliphatic rings. The molecule has 0 aromatic carbocycles. The molecule has 1 unspecified atom stereocenters. The van der Waals surface area contributed by atoms with E-state index in [1.54, 1.807) is 0 Å². The quantitative estimate of drug-likeness (QED) is 0.0261. The number of allylic oxidation sites excluding steroid dienone is 16. The van der Waals surface area contributed by atoms with Gasteiger partial charge in [0.15, 0.2) is 6.10 Å². The van der Waals surface area contributed by atoms with Crippen LogP contribution in [0.4, 0.5) is 0 Å². The molecule has 0 N–H and O–H groups in total. The Morgan fingerprint density at radius 1 is 0.241 bits per heavy atom. The van der Waals surface area contributed by atoms with Crippen LogP contribution in [0.15, 0.2) is 97.2 Å². The first-order chi connectivity index (χ1) is 41.0. The van der Waals surface area contributed by atoms with Crippen LogP contribution in [0.1, 0.15) is 355 Å². The summed E-state index contributed by atoms with van der Waals surface area (Å²) < 4.78 is 17.0. The van der Waals surface area contributed by atoms with Crippen LogP contribution in [0, 0.1) is 0 Å². The molecule has 0 heterocycles. The number of rotatable bonds is 65. The average Bonchev–Trinajstić information content (AvgIpc) is 3.49. The molecule has 0 aliphatic heterocycles. The van der Waals surface area contributed by atoms with Crippen LogP contribution in [-0.2, 0) is 28.6 Å². The number of carbonyl (C=O) groups excluding carboxylic acids is 3. The SMILES string of the molecule is CCCCC/C=C\C/C=C\CCCCCCCCCCCC(=O)OCC(COC(=O)CCCCCCCCCC/C=C\C/C=C\C/C=C\CCCCCCC)OC(=O)CCCCCCCCCC/C=C\C/C=C\C/C=C\CCCCCCC. The Morgan fingerprint density at radius 3 is 0.699 bits per heavy atom. The van der Waals surface area contributed by atoms with Gasteiger partial charge in [0, 0.05) is 19.3 Å². The molecule has 0 amide bonds. The van der Waals surface area contributed by atoms with E-state index in [-0.39, 0.29) is 31.1 Å². The molecule has 0 aliphatic carbocycles. The fourth-order valence-corrected chi connectivity index (χ4v) is 10.1. The van der Waals surface area contributed by atoms with Gasteiger partial charge in [0.25, 0.3) is 0 Å². The highest BCUT2D eigenvalue weighted by Gasteiger charge is 2.19. The average molecular weight is 1160 g/mol. The molecule has 0 bridgehead atoms. The van der Waals surface area contributed by atoms with Gasteiger partial charge >= 0.3 is 17.9 Å². The molecule has 0 fully saturated rings. The normalized spacial score (nSPS) is 12.7. The van der Waals surface area contributed by atoms with Crippen molar-refractivity contribution >= 4 is 17.9 Å². The van der Waals surface area contributed by atoms with Crippen LogP contribution in [-0.4, -0.2) is 37.2 Å². The Morgan fingerprint density at radius 2 is 0.434 bits per heavy atom. The molecule has 0 aromatic rings. The smallest absolute Gasteiger partial charge is 0.306 e. The summed E-state index contributed by atoms with van der Waals surface area (Å²) in [6.07, 6.45) is 95.6. The van der Waals surface area contributed by atoms with E-state index in [4.69, 9.17) is 14.2 Å². The summed E-state index contributed by atoms with van der Waals surface area (Å²) in [4.78, 5) is 38.5. The molecule has 478 valence electrons. The zero-order chi connectivity index (χ0) is 59.9. The second-order valence-corrected chi connectivity index (χ2v) is 23.8. The minimum Gasteiger partial charge on any atom is -0.462 e. The van der Waals surface area contributed by atoms with E-state index in [0.29, 0.717) is 19.3 Å². The summed E-state index contributed by atoms with van der Waals surface area (Å²) in [7, 11) is 0. The Labute approximate surface area is 515 Å². The molecule has 0 rings (SSSR count). The van der Waals surface area contributed by atoms with Gasteiger partial charge in [-0.2, -0.15) is 0 Å². The number of unbranched alkanes of at least 4 members (excludes halogenated alkanes) is 38. The highest BCUT2D eigenvalue weighted by Crippen LogP contribution is 2.16. The van der Waals surface area contributed by atoms with Crippen LogP contribution in [0.5, 0.6) is 0 Å². The third kappa shape index (κ3) is 69.0. The van der Waals surface area contributed by atoms with Crippen LogP contribution in [0.3, 0.4) is 0 Å². The topological polar surface area (TPSA) is 78.9 Å². The van der Waals surface area contributed by atoms with Gasteiger partial charge in [0.05, 0.1) is 0 Å². The lowest BCUT2D eigenvalue weighted by Crippen LogP contribution is -2.30. The first-order valence-corrected chi connectivity index (χ1v) is 35.7. The number of ether oxygens (including phenoxy) is 3. The molecule has 0 saturated carbocycles. The number of esters is 3. The summed E-state index contributed by atoms with van der Waals surface area (Å²) in [5, 5.41) is 0. The maximum absolute atomic E-state index is 13.0. The lowest BCUT2D eigenvalue weighted by Gasteiger charge is -2.18. The van der Waals surface area contributed by atoms with Crippen molar-refractivity contribution in [3.8, 4) is 0 Å². The predicted octanol–water partition coefficient (Wildman–Crippen LogP) is 24.8. The van der Waals surface area contributed by atoms with Gasteiger partial charge in [-0.3, -0.25) is 14.4 Å². The number of hydrogen-bond donors (Lipinski definition) is 0. The van der Waals surface area contributed by atoms with Gasteiger partial charge in [-0.15, -0.1) is 0 Å². The maximum Gasteiger partial charge on any atom is 0.306 e. The van der Waals surface area contributed by atoms with Crippen molar-refractivity contribution in [3.63, 3.8) is 0 Å². The van der Waals surface area contributed by atoms with E-state index < -0.39 is 6.10 Å². The maximum atomic E-state index is 13.0. The molecular formula is C77H134O6. The van der Waals surface area contributed by atoms with Crippen molar-refractivity contribution in [2.75, 3.05) is 13.2 Å². The Bertz CT molecular complexity index is 1610. The first kappa shape index (κ1) is 79.3. The zero-order valence-electron chi connectivity index (χ0n) is 54.9. The minimum absolute atomic E-state index is 0.0844. The number of carbonyl (C=O) groups is 3. The second kappa shape index (κ2) is 70.8. The summed E-state index contributed by atoms with van der Waals surface area (Å²) in [5.41, 5.74) is 0. The lowest BCUT2D eigenvalue weighted by molar-refractivity contribution is -0.167. The van der Waals surface area contributed by atoms with Gasteiger partial charge in [-0.1, -0.05) is 304 Å². The van der Waals surface area contributed by atoms with Crippen molar-refractivity contribution in [3.05, 3.63) is 97.2 Å². The first-order valence-electron chi connectivity index (χ1n) is 35.7. The van der Waals surface area contributed by atoms with Crippen molar-refractivity contribution in [1.29, 1.82) is 0 Å². The van der Waals surface area contributed by atoms with E-state index in [0.717, 1.165) is 103 Å². The third-order valence-electron chi connectivity index (χ3n) is 15.5. The molecule has 0 aromatic heterocycles. The van der Waals surface area contributed by atoms with Crippen LogP contribution in [0.25, 0.3) is 0 Å². The van der Waals surface area contributed by atoms with E-state index in [2.05, 4.69) is 118 Å². The molecule has 83 heavy (non-hydrogen) atoms. The second-order valence-electron chi connectivity index (χ2n) is 23.8. The van der Waals surface area contributed by atoms with Crippen molar-refractivity contribution in [2.45, 2.75) is 361 Å². The Kier molecular flexibility index (Phi) is 67.7. The highest BCUT2D eigenvalue weighted by molar-refractivity contribution is 5.71. The van der Waals surface area contributed by atoms with Gasteiger partial charge in [0.2, 0.25) is 0 Å². The highest BCUT2D eigenvalue weighted by atomic mass is 16.6. The molecule has 6 nitrogen and oxygen atoms in total. The fraction of sp³-hybridized carbons (Fsp3) is 0.753. The van der Waals surface area contributed by atoms with Crippen molar-refractivity contribution in [1.82, 2.24) is 0 Å². The zero-order valence-corrected chi connectivity index (χ0v) is 54.9. The monoisotopic (exact) mass is 1160 g/mol. The van der Waals surface area contributed by atoms with Gasteiger partial charge in [0.1, 0.15) is 13.2 Å². The number of hydrogen-bond acceptors (Lipinski definition) is 6. The van der Waals surface area contributed by atoms with E-state index >= 15 is 0 Å². The molecule has 0 radical (unpaired) electrons. The largest absolute Gasteiger partial charge is 0.462 e. The van der Waals surface area contributed by atoms with Gasteiger partial charge in [-0.05, 0) is 128 Å². The Hall–Kier alpha value is -3.67. The molecule has 0 saturated heterocycles. The fourth-order valence-electron chi connectivity index (χ4n) is 10.1. The van der Waals surface area contributed by atoms with E-state index in [1.807, 2.05) is 0 Å². The Balaban J connectivity index is 4.41. The third-order valence-corrected chi connectivity index (χ3v) is 15.5. The van der Waals surface area contributed by atoms with Crippen molar-refractivity contribution < 1.29 is 28.6 Å². The van der Waals surface area contributed by atoms with Gasteiger partial charge in [-0.25, -0.2) is 0 Å². The summed E-state index contributed by atoms with van der Waals surface area (Å²) in [6, 6.07) is 0. The lowest BCUT2D eigenvalue weighted by atomic mass is 10.1. The van der Waals surface area contributed by atoms with E-state index in [9.17, 15) is 14.4 Å². The standard InChI is InChI=1S/C77H134O6/c1-4-7-10-13-16-19-22-25-28-31-34-36-38-40-43-46-49-52-55-58-61-64-67-70-76(79)82-73-74(72-81-75(78)69-66-63-60-57-54-51-48-45-42-33-30-27-24-21-18-15-12-9-6-3)83-77(80)71-68-65-62-59-56-53-50-47-44-41-39-37-35-32-29-26-23-20-17-14-11-8-5-2/h18,21-23,25-27,30-32,34-35,38-41,74H,4-17,19-20,24,28-29,33,36-37,42-73H2,1-3H3/b21-18-,25-22-,26-23-,30-27-,34-31-,35-32-,40-38-,41-39-. The van der Waals surface area contributed by atoms with Crippen molar-refractivity contribution in [2.24, 2.45) is 0 Å². The van der Waals surface area contributed by atoms with Crippen LogP contribution >= 0.6 is 0 Å².